The largest absolute Gasteiger partial charge is 0.493 e. The zero-order valence-electron chi connectivity index (χ0n) is 12.5. The molecule has 0 bridgehead atoms. The molecule has 0 N–H and O–H groups in total. The van der Waals surface area contributed by atoms with Gasteiger partial charge < -0.3 is 18.6 Å². The summed E-state index contributed by atoms with van der Waals surface area (Å²) in [6.45, 7) is 1.96. The van der Waals surface area contributed by atoms with E-state index in [0.717, 1.165) is 0 Å². The van der Waals surface area contributed by atoms with Crippen LogP contribution in [0.5, 0.6) is 11.5 Å². The maximum Gasteiger partial charge on any atom is 0.258 e. The Kier molecular flexibility index (Phi) is 3.54. The molecule has 0 aliphatic carbocycles. The lowest BCUT2D eigenvalue weighted by Gasteiger charge is -2.11. The molecule has 0 fully saturated rings. The molecule has 0 spiro atoms. The van der Waals surface area contributed by atoms with E-state index in [-0.39, 0.29) is 12.1 Å². The van der Waals surface area contributed by atoms with Crippen LogP contribution in [0.2, 0.25) is 0 Å². The number of methoxy groups -OCH3 is 2. The Hall–Kier alpha value is -2.83. The van der Waals surface area contributed by atoms with Gasteiger partial charge in [0.2, 0.25) is 5.89 Å². The average Bonchev–Trinajstić information content (AvgIpc) is 2.94. The first-order chi connectivity index (χ1) is 10.6. The Labute approximate surface area is 126 Å². The number of fused-ring (bicyclic) bond motifs is 1. The summed E-state index contributed by atoms with van der Waals surface area (Å²) in [6, 6.07) is 5.24. The van der Waals surface area contributed by atoms with E-state index in [1.54, 1.807) is 39.5 Å². The van der Waals surface area contributed by atoms with E-state index in [9.17, 15) is 4.79 Å². The van der Waals surface area contributed by atoms with Crippen LogP contribution in [0, 0.1) is 6.92 Å². The number of pyridine rings is 1. The Morgan fingerprint density at radius 3 is 2.64 bits per heavy atom. The van der Waals surface area contributed by atoms with E-state index >= 15 is 0 Å². The molecule has 0 atom stereocenters. The van der Waals surface area contributed by atoms with Crippen molar-refractivity contribution in [2.45, 2.75) is 13.5 Å². The summed E-state index contributed by atoms with van der Waals surface area (Å²) in [5, 5.41) is 5.05. The van der Waals surface area contributed by atoms with Crippen LogP contribution in [0.1, 0.15) is 11.7 Å². The van der Waals surface area contributed by atoms with Gasteiger partial charge in [-0.3, -0.25) is 4.79 Å². The third kappa shape index (κ3) is 2.30. The molecular formula is C15H15N3O4. The van der Waals surface area contributed by atoms with Crippen molar-refractivity contribution in [1.29, 1.82) is 0 Å². The van der Waals surface area contributed by atoms with Gasteiger partial charge in [-0.25, -0.2) is 0 Å². The van der Waals surface area contributed by atoms with Crippen molar-refractivity contribution < 1.29 is 14.0 Å². The molecule has 3 rings (SSSR count). The van der Waals surface area contributed by atoms with E-state index in [2.05, 4.69) is 10.1 Å². The van der Waals surface area contributed by atoms with Gasteiger partial charge in [0.1, 0.15) is 0 Å². The van der Waals surface area contributed by atoms with Crippen molar-refractivity contribution in [2.75, 3.05) is 14.2 Å². The molecule has 0 radical (unpaired) electrons. The first-order valence-electron chi connectivity index (χ1n) is 6.67. The molecule has 1 aromatic carbocycles. The number of nitrogens with zero attached hydrogens (tertiary/aromatic N) is 3. The van der Waals surface area contributed by atoms with Crippen LogP contribution < -0.4 is 15.0 Å². The zero-order chi connectivity index (χ0) is 15.7. The molecule has 22 heavy (non-hydrogen) atoms. The molecule has 0 aliphatic heterocycles. The summed E-state index contributed by atoms with van der Waals surface area (Å²) in [5.41, 5.74) is -0.152. The fourth-order valence-electron chi connectivity index (χ4n) is 2.37. The molecule has 7 heteroatoms. The van der Waals surface area contributed by atoms with Gasteiger partial charge in [-0.05, 0) is 18.2 Å². The van der Waals surface area contributed by atoms with Gasteiger partial charge in [-0.2, -0.15) is 4.98 Å². The summed E-state index contributed by atoms with van der Waals surface area (Å²) in [7, 11) is 3.11. The molecule has 7 nitrogen and oxygen atoms in total. The minimum absolute atomic E-state index is 0.152. The quantitative estimate of drug-likeness (QED) is 0.730. The molecule has 2 heterocycles. The van der Waals surface area contributed by atoms with E-state index in [0.29, 0.717) is 34.0 Å². The molecule has 2 aromatic heterocycles. The maximum atomic E-state index is 12.6. The summed E-state index contributed by atoms with van der Waals surface area (Å²) in [6.07, 6.45) is 1.68. The van der Waals surface area contributed by atoms with Crippen LogP contribution in [-0.2, 0) is 6.54 Å². The van der Waals surface area contributed by atoms with Crippen molar-refractivity contribution in [3.8, 4) is 11.5 Å². The third-order valence-corrected chi connectivity index (χ3v) is 3.38. The van der Waals surface area contributed by atoms with Crippen LogP contribution in [0.25, 0.3) is 10.8 Å². The number of aromatic nitrogens is 3. The number of hydrogen-bond acceptors (Lipinski definition) is 6. The second kappa shape index (κ2) is 5.51. The highest BCUT2D eigenvalue weighted by molar-refractivity contribution is 5.90. The molecular weight excluding hydrogens is 286 g/mol. The van der Waals surface area contributed by atoms with Crippen molar-refractivity contribution in [3.63, 3.8) is 0 Å². The molecule has 3 aromatic rings. The molecule has 114 valence electrons. The predicted octanol–water partition coefficient (Wildman–Crippen LogP) is 1.76. The Bertz CT molecular complexity index is 882. The van der Waals surface area contributed by atoms with Crippen LogP contribution in [0.15, 0.2) is 33.7 Å². The highest BCUT2D eigenvalue weighted by atomic mass is 16.5. The van der Waals surface area contributed by atoms with E-state index in [1.807, 2.05) is 6.07 Å². The highest BCUT2D eigenvalue weighted by Crippen LogP contribution is 2.33. The maximum absolute atomic E-state index is 12.6. The van der Waals surface area contributed by atoms with Gasteiger partial charge in [-0.1, -0.05) is 5.16 Å². The lowest BCUT2D eigenvalue weighted by molar-refractivity contribution is 0.358. The Morgan fingerprint density at radius 1 is 1.18 bits per heavy atom. The fraction of sp³-hybridized carbons (Fsp3) is 0.267. The Morgan fingerprint density at radius 2 is 2.00 bits per heavy atom. The van der Waals surface area contributed by atoms with Crippen molar-refractivity contribution in [1.82, 2.24) is 14.7 Å². The Balaban J connectivity index is 2.12. The number of ether oxygens (including phenoxy) is 2. The van der Waals surface area contributed by atoms with Gasteiger partial charge >= 0.3 is 0 Å². The summed E-state index contributed by atoms with van der Waals surface area (Å²) >= 11 is 0. The first-order valence-corrected chi connectivity index (χ1v) is 6.67. The summed E-state index contributed by atoms with van der Waals surface area (Å²) < 4.78 is 17.0. The number of rotatable bonds is 4. The van der Waals surface area contributed by atoms with Crippen LogP contribution in [0.4, 0.5) is 0 Å². The minimum atomic E-state index is -0.152. The smallest absolute Gasteiger partial charge is 0.258 e. The van der Waals surface area contributed by atoms with Crippen molar-refractivity contribution in [3.05, 3.63) is 46.5 Å². The third-order valence-electron chi connectivity index (χ3n) is 3.38. The predicted molar refractivity (Wildman–Crippen MR) is 79.4 cm³/mol. The monoisotopic (exact) mass is 301 g/mol. The van der Waals surface area contributed by atoms with E-state index in [4.69, 9.17) is 14.0 Å². The number of aryl methyl sites for hydroxylation is 1. The molecule has 0 saturated heterocycles. The average molecular weight is 301 g/mol. The van der Waals surface area contributed by atoms with E-state index < -0.39 is 0 Å². The first kappa shape index (κ1) is 14.1. The van der Waals surface area contributed by atoms with Crippen molar-refractivity contribution in [2.24, 2.45) is 0 Å². The lowest BCUT2D eigenvalue weighted by Crippen LogP contribution is -2.20. The van der Waals surface area contributed by atoms with Gasteiger partial charge in [0.05, 0.1) is 26.2 Å². The van der Waals surface area contributed by atoms with Gasteiger partial charge in [0.25, 0.3) is 5.56 Å². The number of hydrogen-bond donors (Lipinski definition) is 0. The second-order valence-corrected chi connectivity index (χ2v) is 4.74. The zero-order valence-corrected chi connectivity index (χ0v) is 12.5. The SMILES string of the molecule is COc1ccc2c(=O)n(Cc3noc(C)n3)ccc2c1OC. The topological polar surface area (TPSA) is 79.4 Å². The van der Waals surface area contributed by atoms with Gasteiger partial charge in [0.15, 0.2) is 17.3 Å². The van der Waals surface area contributed by atoms with Crippen LogP contribution in [0.3, 0.4) is 0 Å². The highest BCUT2D eigenvalue weighted by Gasteiger charge is 2.13. The lowest BCUT2D eigenvalue weighted by atomic mass is 10.1. The van der Waals surface area contributed by atoms with Crippen LogP contribution in [-0.4, -0.2) is 28.9 Å². The summed E-state index contributed by atoms with van der Waals surface area (Å²) in [4.78, 5) is 16.7. The normalized spacial score (nSPS) is 10.9. The van der Waals surface area contributed by atoms with E-state index in [1.165, 1.54) is 4.57 Å². The van der Waals surface area contributed by atoms with Crippen LogP contribution >= 0.6 is 0 Å². The molecule has 0 amide bonds. The molecule has 0 saturated carbocycles. The molecule has 0 unspecified atom stereocenters. The second-order valence-electron chi connectivity index (χ2n) is 4.74. The van der Waals surface area contributed by atoms with Gasteiger partial charge in [-0.15, -0.1) is 0 Å². The van der Waals surface area contributed by atoms with Gasteiger partial charge in [0, 0.05) is 18.5 Å². The number of benzene rings is 1. The summed E-state index contributed by atoms with van der Waals surface area (Å²) in [5.74, 6) is 2.05. The standard InChI is InChI=1S/C15H15N3O4/c1-9-16-13(17-22-9)8-18-7-6-10-11(15(18)19)4-5-12(20-2)14(10)21-3/h4-7H,8H2,1-3H3. The fourth-order valence-corrected chi connectivity index (χ4v) is 2.37. The van der Waals surface area contributed by atoms with Crippen molar-refractivity contribution >= 4 is 10.8 Å². The molecule has 0 aliphatic rings. The minimum Gasteiger partial charge on any atom is -0.493 e.